The fourth-order valence-corrected chi connectivity index (χ4v) is 0.873. The topological polar surface area (TPSA) is 209 Å². The van der Waals surface area contributed by atoms with Gasteiger partial charge in [0.05, 0.1) is 24.1 Å². The fraction of sp³-hybridized carbons (Fsp3) is 0.600. The van der Waals surface area contributed by atoms with Gasteiger partial charge in [-0.25, -0.2) is 14.8 Å². The Labute approximate surface area is 415 Å². The van der Waals surface area contributed by atoms with Crippen LogP contribution < -0.4 is 5.73 Å². The van der Waals surface area contributed by atoms with E-state index in [1.807, 2.05) is 67.5 Å². The summed E-state index contributed by atoms with van der Waals surface area (Å²) >= 11 is 7.66. The molecule has 1 fully saturated rings. The molecule has 1 unspecified atom stereocenters. The number of terminal acetylenes is 2. The van der Waals surface area contributed by atoms with E-state index in [-0.39, 0.29) is 0 Å². The Balaban J connectivity index is -0.0000000283. The Morgan fingerprint density at radius 1 is 0.892 bits per heavy atom. The smallest absolute Gasteiger partial charge is 0.300 e. The summed E-state index contributed by atoms with van der Waals surface area (Å²) in [5.41, 5.74) is 7.05. The molecule has 0 aromatic heterocycles. The van der Waals surface area contributed by atoms with Gasteiger partial charge in [0.1, 0.15) is 6.29 Å². The zero-order chi connectivity index (χ0) is 56.4. The Morgan fingerprint density at radius 3 is 1.12 bits per heavy atom. The van der Waals surface area contributed by atoms with Gasteiger partial charge in [0.25, 0.3) is 16.1 Å². The summed E-state index contributed by atoms with van der Waals surface area (Å²) in [4.78, 5) is 32.9. The van der Waals surface area contributed by atoms with Crippen molar-refractivity contribution in [2.75, 3.05) is 47.4 Å². The maximum Gasteiger partial charge on any atom is 0.300 e. The number of nitrogens with zero attached hydrogens (tertiary/aromatic N) is 2. The summed E-state index contributed by atoms with van der Waals surface area (Å²) in [6.45, 7) is 40.6. The molecule has 0 aromatic carbocycles. The number of aliphatic carboxylic acids is 1. The van der Waals surface area contributed by atoms with E-state index in [2.05, 4.69) is 149 Å². The SMILES string of the molecule is C#CC.C#CCC.C=C(C)C.C=CC.CC(=O)O.CC=C(C)C.CC=CC.CC=CCC.CC=CCCC.CC=O.CCC1CO1.CN.CN=C=O.CN=C=S.CO.CS.CS(=O)(=O)O. The average Bonchev–Trinajstić information content (AvgIpc) is 4.11. The lowest BCUT2D eigenvalue weighted by atomic mass is 10.3. The van der Waals surface area contributed by atoms with Crippen LogP contribution in [0.2, 0.25) is 0 Å². The first kappa shape index (κ1) is 108. The molecule has 12 nitrogen and oxygen atoms in total. The third kappa shape index (κ3) is 1400. The highest BCUT2D eigenvalue weighted by Gasteiger charge is 2.18. The second-order valence-electron chi connectivity index (χ2n) is 10.3. The maximum atomic E-state index is 9.19. The van der Waals surface area contributed by atoms with Crippen LogP contribution in [0.5, 0.6) is 0 Å². The van der Waals surface area contributed by atoms with Crippen LogP contribution in [-0.4, -0.2) is 100 Å². The second kappa shape index (κ2) is 161. The van der Waals surface area contributed by atoms with Crippen LogP contribution >= 0.6 is 24.8 Å². The molecule has 0 spiro atoms. The molecule has 390 valence electrons. The highest BCUT2D eigenvalue weighted by atomic mass is 32.2. The Hall–Kier alpha value is -3.98. The van der Waals surface area contributed by atoms with Gasteiger partial charge in [-0.2, -0.15) is 21.0 Å². The van der Waals surface area contributed by atoms with Crippen LogP contribution in [-0.2, 0) is 29.2 Å². The summed E-state index contributed by atoms with van der Waals surface area (Å²) in [7, 11) is 1.81. The lowest BCUT2D eigenvalue weighted by Gasteiger charge is -1.76. The number of aldehydes is 1. The molecule has 0 aliphatic carbocycles. The molecule has 1 aliphatic heterocycles. The molecule has 1 aliphatic rings. The quantitative estimate of drug-likeness (QED) is 0.0206. The van der Waals surface area contributed by atoms with Crippen molar-refractivity contribution in [1.82, 2.24) is 0 Å². The highest BCUT2D eigenvalue weighted by molar-refractivity contribution is 7.85. The van der Waals surface area contributed by atoms with E-state index < -0.39 is 16.1 Å². The molecular weight excluding hydrogens is 883 g/mol. The van der Waals surface area contributed by atoms with Crippen molar-refractivity contribution in [3.8, 4) is 24.7 Å². The minimum Gasteiger partial charge on any atom is -0.481 e. The third-order valence-corrected chi connectivity index (χ3v) is 3.50. The molecule has 0 amide bonds. The van der Waals surface area contributed by atoms with E-state index in [4.69, 9.17) is 40.3 Å². The Kier molecular flexibility index (Phi) is 269. The van der Waals surface area contributed by atoms with Gasteiger partial charge in [-0.15, -0.1) is 37.8 Å². The number of carbonyl (C=O) groups excluding carboxylic acids is 2. The number of allylic oxidation sites excluding steroid dienone is 10. The molecule has 15 heteroatoms. The molecule has 0 aromatic rings. The van der Waals surface area contributed by atoms with Gasteiger partial charge in [-0.3, -0.25) is 9.35 Å². The van der Waals surface area contributed by atoms with Crippen LogP contribution in [0.15, 0.2) is 82.9 Å². The van der Waals surface area contributed by atoms with E-state index >= 15 is 0 Å². The van der Waals surface area contributed by atoms with E-state index in [9.17, 15) is 8.42 Å². The van der Waals surface area contributed by atoms with Crippen molar-refractivity contribution in [3.05, 3.63) is 72.9 Å². The lowest BCUT2D eigenvalue weighted by molar-refractivity contribution is -0.134. The van der Waals surface area contributed by atoms with Gasteiger partial charge >= 0.3 is 0 Å². The largest absolute Gasteiger partial charge is 0.481 e. The molecular formula is C50H103N3O9S3. The summed E-state index contributed by atoms with van der Waals surface area (Å²) in [5.74, 6) is 3.85. The van der Waals surface area contributed by atoms with Crippen molar-refractivity contribution in [2.45, 2.75) is 156 Å². The number of carbonyl (C=O) groups is 2. The van der Waals surface area contributed by atoms with Crippen molar-refractivity contribution < 1.29 is 42.3 Å². The summed E-state index contributed by atoms with van der Waals surface area (Å²) < 4.78 is 30.7. The lowest BCUT2D eigenvalue weighted by Crippen LogP contribution is -1.88. The maximum absolute atomic E-state index is 9.19. The number of carboxylic acid groups (broad SMARTS) is 1. The summed E-state index contributed by atoms with van der Waals surface area (Å²) in [6.07, 6.45) is 36.5. The number of isocyanates is 1. The predicted molar refractivity (Wildman–Crippen MR) is 301 cm³/mol. The van der Waals surface area contributed by atoms with Gasteiger partial charge in [0, 0.05) is 34.5 Å². The zero-order valence-corrected chi connectivity index (χ0v) is 48.1. The second-order valence-corrected chi connectivity index (χ2v) is 12.0. The number of epoxide rings is 1. The standard InChI is InChI=1S/C6H12.2C5H10.C4H8O.2C4H8.C4H6.C3H6.C3H4.C2H3NO.C2H3NS.C2H4O2.C2H4O.CH5N.CH4O3S.CH4O.CH4S/c1-3-5-6-4-2;1-4-5(2)3;1-3-5-4-2;1-2-4-3-5-4;1-4(2)3;2*1-3-4-2;2*1-3-2;2*1-3-2-4;1-2(3)4;1-2-3;1-2;1-5(2,3)4;2*1-2/h3,5H,4,6H2,1-2H3;4H,1-3H3;3,5H,4H2,1-2H3;4H,2-3H2,1H3;1H2,2-3H3;3-4H,1-2H3;1H,4H2,2H3;3H,1H2,2H3;1H,2H3;2*1H3;1H3,(H,3,4);2H,1H3;2H2,1H3;1H3,(H,2,3,4);2*2H,1H3. The van der Waals surface area contributed by atoms with Gasteiger partial charge < -0.3 is 25.5 Å². The van der Waals surface area contributed by atoms with Crippen LogP contribution in [0.4, 0.5) is 0 Å². The number of isothiocyanates is 1. The number of thiocarbonyl (C=S) groups is 1. The number of aliphatic imine (C=N–C) groups is 2. The fourth-order valence-electron chi connectivity index (χ4n) is 0.873. The van der Waals surface area contributed by atoms with Gasteiger partial charge in [-0.1, -0.05) is 93.9 Å². The first-order valence-electron chi connectivity index (χ1n) is 20.3. The third-order valence-electron chi connectivity index (χ3n) is 3.32. The molecule has 65 heavy (non-hydrogen) atoms. The van der Waals surface area contributed by atoms with Crippen molar-refractivity contribution in [3.63, 3.8) is 0 Å². The van der Waals surface area contributed by atoms with E-state index in [0.29, 0.717) is 12.4 Å². The number of hydrogen-bond acceptors (Lipinski definition) is 12. The van der Waals surface area contributed by atoms with Crippen molar-refractivity contribution in [1.29, 1.82) is 0 Å². The average molecular weight is 987 g/mol. The van der Waals surface area contributed by atoms with Crippen LogP contribution in [0.3, 0.4) is 0 Å². The highest BCUT2D eigenvalue weighted by Crippen LogP contribution is 2.10. The molecule has 1 atom stereocenters. The molecule has 1 saturated heterocycles. The number of unbranched alkanes of at least 4 members (excludes halogenated alkanes) is 1. The number of carboxylic acids is 1. The minimum atomic E-state index is -3.67. The predicted octanol–water partition coefficient (Wildman–Crippen LogP) is 13.3. The Morgan fingerprint density at radius 2 is 1.11 bits per heavy atom. The molecule has 0 saturated carbocycles. The minimum absolute atomic E-state index is 0.634. The zero-order valence-electron chi connectivity index (χ0n) is 45.6. The Bertz CT molecular complexity index is 1150. The number of nitrogens with two attached hydrogens (primary N) is 1. The van der Waals surface area contributed by atoms with Crippen molar-refractivity contribution >= 4 is 58.5 Å². The van der Waals surface area contributed by atoms with E-state index in [0.717, 1.165) is 39.8 Å². The molecule has 1 rings (SSSR count). The number of ether oxygens (including phenoxy) is 1. The molecule has 5 N–H and O–H groups in total. The first-order valence-corrected chi connectivity index (χ1v) is 23.5. The van der Waals surface area contributed by atoms with Gasteiger partial charge in [-0.05, 0) is 128 Å². The van der Waals surface area contributed by atoms with Crippen LogP contribution in [0, 0.1) is 24.7 Å². The normalized spacial score (nSPS) is 8.78. The van der Waals surface area contributed by atoms with E-state index in [1.165, 1.54) is 57.5 Å². The number of aliphatic hydroxyl groups is 1. The number of thiol groups is 1. The number of rotatable bonds is 4. The summed E-state index contributed by atoms with van der Waals surface area (Å²) in [5, 5.41) is 16.6. The van der Waals surface area contributed by atoms with Crippen LogP contribution in [0.25, 0.3) is 0 Å². The van der Waals surface area contributed by atoms with E-state index in [1.54, 1.807) is 26.3 Å². The monoisotopic (exact) mass is 986 g/mol. The molecule has 0 bridgehead atoms. The number of aliphatic hydroxyl groups excluding tert-OH is 1. The van der Waals surface area contributed by atoms with Gasteiger partial charge in [0.2, 0.25) is 6.08 Å². The van der Waals surface area contributed by atoms with Gasteiger partial charge in [0.15, 0.2) is 0 Å². The summed E-state index contributed by atoms with van der Waals surface area (Å²) in [6, 6.07) is 0. The van der Waals surface area contributed by atoms with Crippen LogP contribution in [0.1, 0.15) is 150 Å². The number of hydrogen-bond donors (Lipinski definition) is 5. The van der Waals surface area contributed by atoms with Crippen molar-refractivity contribution in [2.24, 2.45) is 15.7 Å². The molecule has 1 heterocycles. The first-order chi connectivity index (χ1) is 30.4. The molecule has 0 radical (unpaired) electrons.